The van der Waals surface area contributed by atoms with E-state index in [1.54, 1.807) is 32.6 Å². The lowest BCUT2D eigenvalue weighted by molar-refractivity contribution is 0.414. The van der Waals surface area contributed by atoms with Crippen LogP contribution in [0.25, 0.3) is 11.4 Å². The SMILES string of the molecule is CNc1nccc(-c2ncccc2OC)n1. The zero-order valence-corrected chi connectivity index (χ0v) is 9.14. The van der Waals surface area contributed by atoms with Crippen molar-refractivity contribution < 1.29 is 4.74 Å². The average Bonchev–Trinajstić information content (AvgIpc) is 2.38. The number of anilines is 1. The van der Waals surface area contributed by atoms with Crippen LogP contribution in [-0.2, 0) is 0 Å². The third-order valence-electron chi connectivity index (χ3n) is 2.11. The summed E-state index contributed by atoms with van der Waals surface area (Å²) in [6.45, 7) is 0. The van der Waals surface area contributed by atoms with E-state index in [0.29, 0.717) is 17.4 Å². The van der Waals surface area contributed by atoms with Crippen LogP contribution < -0.4 is 10.1 Å². The van der Waals surface area contributed by atoms with E-state index in [4.69, 9.17) is 4.74 Å². The smallest absolute Gasteiger partial charge is 0.222 e. The highest BCUT2D eigenvalue weighted by molar-refractivity contribution is 5.62. The van der Waals surface area contributed by atoms with Crippen LogP contribution in [0.15, 0.2) is 30.6 Å². The van der Waals surface area contributed by atoms with E-state index >= 15 is 0 Å². The fraction of sp³-hybridized carbons (Fsp3) is 0.182. The normalized spacial score (nSPS) is 9.88. The maximum Gasteiger partial charge on any atom is 0.222 e. The standard InChI is InChI=1S/C11H12N4O/c1-12-11-14-7-5-8(15-11)10-9(16-2)4-3-6-13-10/h3-7H,1-2H3,(H,12,14,15). The Kier molecular flexibility index (Phi) is 2.95. The Labute approximate surface area is 93.5 Å². The number of hydrogen-bond acceptors (Lipinski definition) is 5. The third-order valence-corrected chi connectivity index (χ3v) is 2.11. The van der Waals surface area contributed by atoms with Crippen LogP contribution in [-0.4, -0.2) is 29.1 Å². The van der Waals surface area contributed by atoms with Crippen molar-refractivity contribution in [1.82, 2.24) is 15.0 Å². The zero-order valence-electron chi connectivity index (χ0n) is 9.14. The summed E-state index contributed by atoms with van der Waals surface area (Å²) in [4.78, 5) is 12.6. The van der Waals surface area contributed by atoms with Crippen LogP contribution in [0.3, 0.4) is 0 Å². The maximum atomic E-state index is 5.23. The molecule has 16 heavy (non-hydrogen) atoms. The van der Waals surface area contributed by atoms with Gasteiger partial charge in [0.05, 0.1) is 12.8 Å². The van der Waals surface area contributed by atoms with E-state index in [0.717, 1.165) is 5.69 Å². The predicted octanol–water partition coefficient (Wildman–Crippen LogP) is 1.59. The lowest BCUT2D eigenvalue weighted by Crippen LogP contribution is -1.98. The molecule has 0 aliphatic rings. The van der Waals surface area contributed by atoms with Gasteiger partial charge in [0.2, 0.25) is 5.95 Å². The quantitative estimate of drug-likeness (QED) is 0.844. The van der Waals surface area contributed by atoms with Crippen molar-refractivity contribution in [3.63, 3.8) is 0 Å². The van der Waals surface area contributed by atoms with Crippen molar-refractivity contribution in [3.05, 3.63) is 30.6 Å². The van der Waals surface area contributed by atoms with Gasteiger partial charge >= 0.3 is 0 Å². The summed E-state index contributed by atoms with van der Waals surface area (Å²) in [5.41, 5.74) is 1.45. The van der Waals surface area contributed by atoms with Crippen LogP contribution in [0.5, 0.6) is 5.75 Å². The fourth-order valence-electron chi connectivity index (χ4n) is 1.36. The van der Waals surface area contributed by atoms with Crippen LogP contribution >= 0.6 is 0 Å². The zero-order chi connectivity index (χ0) is 11.4. The number of aromatic nitrogens is 3. The van der Waals surface area contributed by atoms with Crippen molar-refractivity contribution in [2.45, 2.75) is 0 Å². The highest BCUT2D eigenvalue weighted by Gasteiger charge is 2.08. The van der Waals surface area contributed by atoms with E-state index in [1.165, 1.54) is 0 Å². The maximum absolute atomic E-state index is 5.23. The molecular weight excluding hydrogens is 204 g/mol. The largest absolute Gasteiger partial charge is 0.494 e. The topological polar surface area (TPSA) is 59.9 Å². The van der Waals surface area contributed by atoms with Gasteiger partial charge < -0.3 is 10.1 Å². The second-order valence-corrected chi connectivity index (χ2v) is 3.07. The van der Waals surface area contributed by atoms with Crippen molar-refractivity contribution in [3.8, 4) is 17.1 Å². The van der Waals surface area contributed by atoms with E-state index in [9.17, 15) is 0 Å². The van der Waals surface area contributed by atoms with E-state index in [-0.39, 0.29) is 0 Å². The van der Waals surface area contributed by atoms with Crippen LogP contribution in [0.4, 0.5) is 5.95 Å². The molecule has 2 heterocycles. The number of methoxy groups -OCH3 is 1. The third kappa shape index (κ3) is 1.93. The molecule has 0 spiro atoms. The molecule has 5 nitrogen and oxygen atoms in total. The molecule has 1 N–H and O–H groups in total. The number of nitrogens with zero attached hydrogens (tertiary/aromatic N) is 3. The number of pyridine rings is 1. The van der Waals surface area contributed by atoms with Crippen molar-refractivity contribution in [1.29, 1.82) is 0 Å². The van der Waals surface area contributed by atoms with Gasteiger partial charge in [0.25, 0.3) is 0 Å². The molecular formula is C11H12N4O. The van der Waals surface area contributed by atoms with Gasteiger partial charge in [-0.1, -0.05) is 0 Å². The average molecular weight is 216 g/mol. The minimum Gasteiger partial charge on any atom is -0.494 e. The number of hydrogen-bond donors (Lipinski definition) is 1. The van der Waals surface area contributed by atoms with Gasteiger partial charge in [0.1, 0.15) is 11.4 Å². The summed E-state index contributed by atoms with van der Waals surface area (Å²) < 4.78 is 5.23. The van der Waals surface area contributed by atoms with Crippen LogP contribution in [0.1, 0.15) is 0 Å². The molecule has 0 aromatic carbocycles. The monoisotopic (exact) mass is 216 g/mol. The first kappa shape index (κ1) is 10.4. The Bertz CT molecular complexity index is 487. The minimum atomic E-state index is 0.560. The first-order valence-electron chi connectivity index (χ1n) is 4.85. The summed E-state index contributed by atoms with van der Waals surface area (Å²) in [6, 6.07) is 5.47. The Morgan fingerprint density at radius 2 is 2.06 bits per heavy atom. The molecule has 0 radical (unpaired) electrons. The van der Waals surface area contributed by atoms with Crippen LogP contribution in [0, 0.1) is 0 Å². The number of rotatable bonds is 3. The first-order chi connectivity index (χ1) is 7.85. The summed E-state index contributed by atoms with van der Waals surface area (Å²) in [6.07, 6.45) is 3.39. The van der Waals surface area contributed by atoms with Crippen LogP contribution in [0.2, 0.25) is 0 Å². The summed E-state index contributed by atoms with van der Waals surface area (Å²) in [5.74, 6) is 1.26. The van der Waals surface area contributed by atoms with Crippen molar-refractivity contribution in [2.75, 3.05) is 19.5 Å². The molecule has 0 fully saturated rings. The first-order valence-corrected chi connectivity index (χ1v) is 4.85. The molecule has 0 saturated carbocycles. The van der Waals surface area contributed by atoms with Gasteiger partial charge in [-0.15, -0.1) is 0 Å². The Balaban J connectivity index is 2.49. The second-order valence-electron chi connectivity index (χ2n) is 3.07. The Hall–Kier alpha value is -2.17. The van der Waals surface area contributed by atoms with Gasteiger partial charge in [-0.3, -0.25) is 4.98 Å². The van der Waals surface area contributed by atoms with E-state index < -0.39 is 0 Å². The Morgan fingerprint density at radius 3 is 2.81 bits per heavy atom. The predicted molar refractivity (Wildman–Crippen MR) is 61.4 cm³/mol. The van der Waals surface area contributed by atoms with Crippen molar-refractivity contribution >= 4 is 5.95 Å². The van der Waals surface area contributed by atoms with Gasteiger partial charge in [-0.2, -0.15) is 0 Å². The molecule has 0 unspecified atom stereocenters. The van der Waals surface area contributed by atoms with E-state index in [1.807, 2.05) is 12.1 Å². The molecule has 0 saturated heterocycles. The summed E-state index contributed by atoms with van der Waals surface area (Å²) in [5, 5.41) is 2.88. The molecule has 0 bridgehead atoms. The molecule has 0 aliphatic carbocycles. The lowest BCUT2D eigenvalue weighted by atomic mass is 10.2. The molecule has 5 heteroatoms. The Morgan fingerprint density at radius 1 is 1.19 bits per heavy atom. The van der Waals surface area contributed by atoms with Gasteiger partial charge in [0, 0.05) is 19.4 Å². The second kappa shape index (κ2) is 4.57. The molecule has 2 aromatic heterocycles. The number of ether oxygens (including phenoxy) is 1. The fourth-order valence-corrected chi connectivity index (χ4v) is 1.36. The van der Waals surface area contributed by atoms with Gasteiger partial charge in [-0.05, 0) is 18.2 Å². The minimum absolute atomic E-state index is 0.560. The molecule has 2 rings (SSSR count). The number of nitrogens with one attached hydrogen (secondary N) is 1. The van der Waals surface area contributed by atoms with Gasteiger partial charge in [0.15, 0.2) is 0 Å². The highest BCUT2D eigenvalue weighted by Crippen LogP contribution is 2.25. The van der Waals surface area contributed by atoms with E-state index in [2.05, 4.69) is 20.3 Å². The molecule has 0 amide bonds. The van der Waals surface area contributed by atoms with Gasteiger partial charge in [-0.25, -0.2) is 9.97 Å². The summed E-state index contributed by atoms with van der Waals surface area (Å²) >= 11 is 0. The molecule has 0 aliphatic heterocycles. The summed E-state index contributed by atoms with van der Waals surface area (Å²) in [7, 11) is 3.38. The molecule has 2 aromatic rings. The van der Waals surface area contributed by atoms with Crippen molar-refractivity contribution in [2.24, 2.45) is 0 Å². The molecule has 82 valence electrons. The molecule has 0 atom stereocenters. The highest BCUT2D eigenvalue weighted by atomic mass is 16.5. The lowest BCUT2D eigenvalue weighted by Gasteiger charge is -2.06.